The average Bonchev–Trinajstić information content (AvgIpc) is 3.25. The Morgan fingerprint density at radius 1 is 1.24 bits per heavy atom. The molecular weight excluding hydrogens is 433 g/mol. The highest BCUT2D eigenvalue weighted by Crippen LogP contribution is 2.25. The fourth-order valence-electron chi connectivity index (χ4n) is 3.94. The Labute approximate surface area is 191 Å². The molecule has 2 heterocycles. The number of hydrazone groups is 1. The number of ether oxygens (including phenoxy) is 1. The molecule has 1 aromatic carbocycles. The first-order chi connectivity index (χ1) is 15.7. The minimum atomic E-state index is -0.897. The van der Waals surface area contributed by atoms with Crippen LogP contribution in [0.15, 0.2) is 29.4 Å². The van der Waals surface area contributed by atoms with Crippen LogP contribution in [0.4, 0.5) is 10.1 Å². The monoisotopic (exact) mass is 461 g/mol. The summed E-state index contributed by atoms with van der Waals surface area (Å²) < 4.78 is 18.3. The van der Waals surface area contributed by atoms with Crippen LogP contribution in [0.5, 0.6) is 0 Å². The molecule has 0 aromatic heterocycles. The Hall–Kier alpha value is -3.50. The maximum atomic E-state index is 13.3. The molecule has 2 atom stereocenters. The van der Waals surface area contributed by atoms with E-state index in [1.807, 2.05) is 0 Å². The summed E-state index contributed by atoms with van der Waals surface area (Å²) >= 11 is 0. The zero-order valence-corrected chi connectivity index (χ0v) is 18.7. The number of nitrogens with two attached hydrogens (primary N) is 1. The van der Waals surface area contributed by atoms with Gasteiger partial charge in [-0.2, -0.15) is 5.10 Å². The normalized spacial score (nSPS) is 20.3. The second-order valence-corrected chi connectivity index (χ2v) is 8.08. The summed E-state index contributed by atoms with van der Waals surface area (Å²) in [5.41, 5.74) is 5.97. The van der Waals surface area contributed by atoms with E-state index >= 15 is 0 Å². The second-order valence-electron chi connectivity index (χ2n) is 8.08. The molecule has 2 aliphatic rings. The van der Waals surface area contributed by atoms with Gasteiger partial charge in [-0.05, 0) is 44.0 Å². The van der Waals surface area contributed by atoms with E-state index in [-0.39, 0.29) is 49.6 Å². The lowest BCUT2D eigenvalue weighted by Gasteiger charge is -2.32. The van der Waals surface area contributed by atoms with Gasteiger partial charge in [0.2, 0.25) is 11.8 Å². The number of halogens is 1. The molecule has 2 aliphatic heterocycles. The zero-order valence-electron chi connectivity index (χ0n) is 18.7. The van der Waals surface area contributed by atoms with Gasteiger partial charge in [0.05, 0.1) is 24.8 Å². The number of esters is 1. The van der Waals surface area contributed by atoms with Crippen molar-refractivity contribution in [2.24, 2.45) is 16.8 Å². The number of nitrogens with zero attached hydrogens (tertiary/aromatic N) is 4. The van der Waals surface area contributed by atoms with Crippen LogP contribution >= 0.6 is 0 Å². The van der Waals surface area contributed by atoms with Gasteiger partial charge in [-0.15, -0.1) is 0 Å². The fourth-order valence-corrected chi connectivity index (χ4v) is 3.94. The molecule has 0 radical (unpaired) electrons. The molecule has 3 rings (SSSR count). The first-order valence-corrected chi connectivity index (χ1v) is 10.8. The first kappa shape index (κ1) is 24.1. The highest BCUT2D eigenvalue weighted by atomic mass is 19.1. The number of benzene rings is 1. The van der Waals surface area contributed by atoms with E-state index in [1.165, 1.54) is 41.2 Å². The maximum absolute atomic E-state index is 13.3. The number of anilines is 1. The molecule has 10 nitrogen and oxygen atoms in total. The van der Waals surface area contributed by atoms with E-state index in [0.717, 1.165) is 0 Å². The molecule has 1 fully saturated rings. The summed E-state index contributed by atoms with van der Waals surface area (Å²) in [6.45, 7) is 2.56. The van der Waals surface area contributed by atoms with Crippen LogP contribution in [-0.2, 0) is 23.9 Å². The third kappa shape index (κ3) is 5.65. The van der Waals surface area contributed by atoms with Crippen molar-refractivity contribution in [2.45, 2.75) is 32.2 Å². The minimum absolute atomic E-state index is 0.0290. The Kier molecular flexibility index (Phi) is 7.62. The van der Waals surface area contributed by atoms with Gasteiger partial charge in [0.25, 0.3) is 5.91 Å². The largest absolute Gasteiger partial charge is 0.466 e. The number of hydrogen-bond donors (Lipinski definition) is 1. The van der Waals surface area contributed by atoms with Crippen LogP contribution in [0.2, 0.25) is 0 Å². The molecule has 0 saturated carbocycles. The zero-order chi connectivity index (χ0) is 24.1. The number of carbonyl (C=O) groups is 4. The lowest BCUT2D eigenvalue weighted by atomic mass is 9.98. The summed E-state index contributed by atoms with van der Waals surface area (Å²) in [7, 11) is 1.47. The summed E-state index contributed by atoms with van der Waals surface area (Å²) in [4.78, 5) is 52.4. The van der Waals surface area contributed by atoms with E-state index in [9.17, 15) is 23.6 Å². The lowest BCUT2D eigenvalue weighted by Crippen LogP contribution is -2.48. The SMILES string of the molecule is CCOC(=O)C1CCCN(C(=O)CN(C)C(=O)C2=NN(c3ccc(F)cc3)C(C(N)=O)C2)C1. The van der Waals surface area contributed by atoms with Crippen LogP contribution < -0.4 is 10.7 Å². The molecule has 2 N–H and O–H groups in total. The molecule has 0 spiro atoms. The number of amides is 3. The first-order valence-electron chi connectivity index (χ1n) is 10.8. The molecule has 2 unspecified atom stereocenters. The maximum Gasteiger partial charge on any atom is 0.310 e. The fraction of sp³-hybridized carbons (Fsp3) is 0.500. The molecule has 33 heavy (non-hydrogen) atoms. The Morgan fingerprint density at radius 3 is 2.58 bits per heavy atom. The van der Waals surface area contributed by atoms with Crippen LogP contribution in [0.3, 0.4) is 0 Å². The van der Waals surface area contributed by atoms with E-state index < -0.39 is 23.7 Å². The van der Waals surface area contributed by atoms with Gasteiger partial charge < -0.3 is 20.3 Å². The van der Waals surface area contributed by atoms with Crippen molar-refractivity contribution in [2.75, 3.05) is 38.3 Å². The van der Waals surface area contributed by atoms with Gasteiger partial charge in [-0.3, -0.25) is 24.2 Å². The number of likely N-dealkylation sites (tertiary alicyclic amines) is 1. The Morgan fingerprint density at radius 2 is 1.94 bits per heavy atom. The van der Waals surface area contributed by atoms with Crippen molar-refractivity contribution in [1.82, 2.24) is 9.80 Å². The molecule has 3 amide bonds. The number of rotatable bonds is 7. The predicted octanol–water partition coefficient (Wildman–Crippen LogP) is 0.506. The van der Waals surface area contributed by atoms with Gasteiger partial charge in [0.1, 0.15) is 17.6 Å². The van der Waals surface area contributed by atoms with Crippen molar-refractivity contribution in [3.63, 3.8) is 0 Å². The van der Waals surface area contributed by atoms with Crippen molar-refractivity contribution in [1.29, 1.82) is 0 Å². The molecule has 0 bridgehead atoms. The van der Waals surface area contributed by atoms with Crippen molar-refractivity contribution in [3.05, 3.63) is 30.1 Å². The van der Waals surface area contributed by atoms with E-state index in [4.69, 9.17) is 10.5 Å². The van der Waals surface area contributed by atoms with Gasteiger partial charge in [-0.25, -0.2) is 4.39 Å². The van der Waals surface area contributed by atoms with Gasteiger partial charge in [0.15, 0.2) is 0 Å². The van der Waals surface area contributed by atoms with Crippen molar-refractivity contribution < 1.29 is 28.3 Å². The molecule has 178 valence electrons. The molecular formula is C22H28FN5O5. The lowest BCUT2D eigenvalue weighted by molar-refractivity contribution is -0.151. The van der Waals surface area contributed by atoms with Gasteiger partial charge in [-0.1, -0.05) is 0 Å². The summed E-state index contributed by atoms with van der Waals surface area (Å²) in [5.74, 6) is -2.63. The number of primary amides is 1. The van der Waals surface area contributed by atoms with E-state index in [0.29, 0.717) is 25.1 Å². The van der Waals surface area contributed by atoms with E-state index in [2.05, 4.69) is 5.10 Å². The van der Waals surface area contributed by atoms with Crippen LogP contribution in [-0.4, -0.2) is 78.5 Å². The standard InChI is InChI=1S/C22H28FN5O5/c1-3-33-22(32)14-5-4-10-27(12-14)19(29)13-26(2)21(31)17-11-18(20(24)30)28(25-17)16-8-6-15(23)7-9-16/h6-9,14,18H,3-5,10-13H2,1-2H3,(H2,24,30). The summed E-state index contributed by atoms with van der Waals surface area (Å²) in [6.07, 6.45) is 1.30. The highest BCUT2D eigenvalue weighted by Gasteiger charge is 2.37. The summed E-state index contributed by atoms with van der Waals surface area (Å²) in [5, 5.41) is 5.53. The topological polar surface area (TPSA) is 126 Å². The molecule has 1 saturated heterocycles. The van der Waals surface area contributed by atoms with Crippen LogP contribution in [0, 0.1) is 11.7 Å². The number of likely N-dealkylation sites (N-methyl/N-ethyl adjacent to an activating group) is 1. The third-order valence-electron chi connectivity index (χ3n) is 5.69. The van der Waals surface area contributed by atoms with Gasteiger partial charge >= 0.3 is 5.97 Å². The number of hydrogen-bond acceptors (Lipinski definition) is 7. The van der Waals surface area contributed by atoms with Crippen molar-refractivity contribution in [3.8, 4) is 0 Å². The summed E-state index contributed by atoms with van der Waals surface area (Å²) in [6, 6.07) is 4.41. The minimum Gasteiger partial charge on any atom is -0.466 e. The average molecular weight is 461 g/mol. The van der Waals surface area contributed by atoms with E-state index in [1.54, 1.807) is 11.8 Å². The molecule has 1 aromatic rings. The third-order valence-corrected chi connectivity index (χ3v) is 5.69. The van der Waals surface area contributed by atoms with Crippen LogP contribution in [0.1, 0.15) is 26.2 Å². The van der Waals surface area contributed by atoms with Crippen molar-refractivity contribution >= 4 is 35.1 Å². The predicted molar refractivity (Wildman–Crippen MR) is 117 cm³/mol. The molecule has 11 heteroatoms. The number of piperidine rings is 1. The Balaban J connectivity index is 1.65. The van der Waals surface area contributed by atoms with Gasteiger partial charge in [0, 0.05) is 26.6 Å². The number of carbonyl (C=O) groups excluding carboxylic acids is 4. The quantitative estimate of drug-likeness (QED) is 0.590. The molecule has 0 aliphatic carbocycles. The Bertz CT molecular complexity index is 951. The smallest absolute Gasteiger partial charge is 0.310 e. The second kappa shape index (κ2) is 10.4. The highest BCUT2D eigenvalue weighted by molar-refractivity contribution is 6.40. The van der Waals surface area contributed by atoms with Crippen LogP contribution in [0.25, 0.3) is 0 Å².